The number of benzene rings is 2. The smallest absolute Gasteiger partial charge is 0.330 e. The predicted octanol–water partition coefficient (Wildman–Crippen LogP) is 7.04. The van der Waals surface area contributed by atoms with Gasteiger partial charge in [-0.25, -0.2) is 14.8 Å². The molecular weight excluding hydrogens is 879 g/mol. The molecule has 4 saturated heterocycles. The Hall–Kier alpha value is -6.16. The molecule has 0 unspecified atom stereocenters. The van der Waals surface area contributed by atoms with E-state index in [1.807, 2.05) is 35.2 Å². The monoisotopic (exact) mass is 946 g/mol. The highest BCUT2D eigenvalue weighted by molar-refractivity contribution is 6.00. The largest absolute Gasteiger partial charge is 0.384 e. The zero-order valence-electron chi connectivity index (χ0n) is 40.9. The SMILES string of the molecule is CC[C@H]1CN(Cc2ccc3c(c2)n(C2CC2)c(=O)n3[C@@H]2CCC(=O)NC2=O)CCN1CC1CCN(C(=O)c2ccc(C3CCN([C@@H](C)c4cc5c(-c6ccc(N)nc6)ccnc5n4C)CC3)cc2)CC1. The van der Waals surface area contributed by atoms with Gasteiger partial charge in [-0.3, -0.25) is 43.5 Å². The average Bonchev–Trinajstić information content (AvgIpc) is 4.10. The van der Waals surface area contributed by atoms with Crippen molar-refractivity contribution in [2.75, 3.05) is 58.1 Å². The summed E-state index contributed by atoms with van der Waals surface area (Å²) in [6.07, 6.45) is 11.5. The number of hydrogen-bond acceptors (Lipinski definition) is 10. The molecule has 1 saturated carbocycles. The Morgan fingerprint density at radius 1 is 0.829 bits per heavy atom. The second kappa shape index (κ2) is 19.2. The van der Waals surface area contributed by atoms with Gasteiger partial charge < -0.3 is 15.2 Å². The van der Waals surface area contributed by atoms with E-state index < -0.39 is 11.9 Å². The molecule has 15 heteroatoms. The maximum Gasteiger partial charge on any atom is 0.330 e. The number of pyridine rings is 2. The number of rotatable bonds is 12. The molecule has 366 valence electrons. The molecule has 1 aliphatic carbocycles. The number of nitrogens with two attached hydrogens (primary N) is 1. The third-order valence-corrected chi connectivity index (χ3v) is 16.6. The van der Waals surface area contributed by atoms with Crippen LogP contribution in [0.2, 0.25) is 0 Å². The van der Waals surface area contributed by atoms with Crippen LogP contribution in [0.25, 0.3) is 33.2 Å². The Morgan fingerprint density at radius 3 is 2.33 bits per heavy atom. The van der Waals surface area contributed by atoms with Gasteiger partial charge in [0.05, 0.1) is 11.0 Å². The second-order valence-corrected chi connectivity index (χ2v) is 20.9. The molecule has 2 aromatic carbocycles. The molecule has 3 N–H and O–H groups in total. The van der Waals surface area contributed by atoms with Gasteiger partial charge >= 0.3 is 5.69 Å². The van der Waals surface area contributed by atoms with Gasteiger partial charge in [0.1, 0.15) is 17.5 Å². The number of nitrogen functional groups attached to an aromatic ring is 1. The lowest BCUT2D eigenvalue weighted by Gasteiger charge is -2.44. The fourth-order valence-electron chi connectivity index (χ4n) is 12.3. The molecule has 4 aromatic heterocycles. The lowest BCUT2D eigenvalue weighted by molar-refractivity contribution is -0.135. The molecule has 0 spiro atoms. The van der Waals surface area contributed by atoms with Crippen LogP contribution >= 0.6 is 0 Å². The van der Waals surface area contributed by atoms with Crippen molar-refractivity contribution < 1.29 is 14.4 Å². The van der Waals surface area contributed by atoms with Gasteiger partial charge in [0.2, 0.25) is 11.8 Å². The number of imidazole rings is 1. The minimum Gasteiger partial charge on any atom is -0.384 e. The number of likely N-dealkylation sites (tertiary alicyclic amines) is 2. The number of imide groups is 1. The van der Waals surface area contributed by atoms with Crippen molar-refractivity contribution in [3.05, 3.63) is 112 Å². The van der Waals surface area contributed by atoms with Crippen LogP contribution in [0.5, 0.6) is 0 Å². The Bertz CT molecular complexity index is 2970. The van der Waals surface area contributed by atoms with E-state index in [1.165, 1.54) is 16.8 Å². The van der Waals surface area contributed by atoms with E-state index in [-0.39, 0.29) is 36.0 Å². The summed E-state index contributed by atoms with van der Waals surface area (Å²) >= 11 is 0. The number of carbonyl (C=O) groups excluding carboxylic acids is 3. The number of carbonyl (C=O) groups is 3. The molecule has 11 rings (SSSR count). The molecular formula is C55H67N11O4. The van der Waals surface area contributed by atoms with Crippen molar-refractivity contribution in [1.29, 1.82) is 0 Å². The highest BCUT2D eigenvalue weighted by Gasteiger charge is 2.36. The first-order valence-corrected chi connectivity index (χ1v) is 25.9. The summed E-state index contributed by atoms with van der Waals surface area (Å²) in [6, 6.07) is 23.2. The zero-order chi connectivity index (χ0) is 48.2. The van der Waals surface area contributed by atoms with Crippen LogP contribution in [0.1, 0.15) is 123 Å². The summed E-state index contributed by atoms with van der Waals surface area (Å²) in [5.74, 6) is 1.03. The van der Waals surface area contributed by atoms with E-state index >= 15 is 0 Å². The summed E-state index contributed by atoms with van der Waals surface area (Å²) in [5.41, 5.74) is 15.0. The number of anilines is 1. The van der Waals surface area contributed by atoms with E-state index in [0.717, 1.165) is 143 Å². The standard InChI is InChI=1S/C55H67N11O4/c1-4-42-34-61(32-37-5-13-46-49(29-37)65(43-11-12-43)55(70)66(46)47-14-16-51(67)59-53(47)68)27-28-64(42)33-36-18-23-63(24-19-36)54(69)40-8-6-38(7-9-40)39-20-25-62(26-21-39)35(2)48-30-45-44(17-22-57-52(45)60(48)3)41-10-15-50(56)58-31-41/h5-10,13,15,17,22,29-31,35-36,39,42-43,47H,4,11-12,14,16,18-21,23-28,32-34H2,1-3H3,(H2,56,58)(H,59,67,68)/t35-,42-,47+/m0/s1. The van der Waals surface area contributed by atoms with Gasteiger partial charge in [0.25, 0.3) is 5.91 Å². The minimum atomic E-state index is -0.670. The predicted molar refractivity (Wildman–Crippen MR) is 272 cm³/mol. The van der Waals surface area contributed by atoms with Crippen molar-refractivity contribution in [1.82, 2.24) is 48.6 Å². The van der Waals surface area contributed by atoms with Crippen molar-refractivity contribution in [3.8, 4) is 11.1 Å². The van der Waals surface area contributed by atoms with Crippen LogP contribution in [-0.2, 0) is 23.2 Å². The molecule has 15 nitrogen and oxygen atoms in total. The first-order valence-electron chi connectivity index (χ1n) is 25.9. The van der Waals surface area contributed by atoms with Crippen molar-refractivity contribution in [3.63, 3.8) is 0 Å². The van der Waals surface area contributed by atoms with Gasteiger partial charge in [0.15, 0.2) is 0 Å². The van der Waals surface area contributed by atoms with Crippen LogP contribution in [0.15, 0.2) is 83.9 Å². The van der Waals surface area contributed by atoms with E-state index in [1.54, 1.807) is 4.57 Å². The summed E-state index contributed by atoms with van der Waals surface area (Å²) in [5, 5.41) is 3.56. The summed E-state index contributed by atoms with van der Waals surface area (Å²) < 4.78 is 5.75. The third-order valence-electron chi connectivity index (χ3n) is 16.6. The average molecular weight is 946 g/mol. The number of amides is 3. The Labute approximate surface area is 409 Å². The molecule has 5 aliphatic rings. The van der Waals surface area contributed by atoms with Gasteiger partial charge in [-0.2, -0.15) is 0 Å². The first-order chi connectivity index (χ1) is 34.0. The molecule has 4 aliphatic heterocycles. The van der Waals surface area contributed by atoms with Gasteiger partial charge in [-0.05, 0) is 148 Å². The molecule has 0 bridgehead atoms. The van der Waals surface area contributed by atoms with Crippen molar-refractivity contribution in [2.45, 2.75) is 108 Å². The highest BCUT2D eigenvalue weighted by Crippen LogP contribution is 2.39. The Morgan fingerprint density at radius 2 is 1.61 bits per heavy atom. The molecule has 3 atom stereocenters. The van der Waals surface area contributed by atoms with Crippen LogP contribution in [0.3, 0.4) is 0 Å². The number of hydrogen-bond donors (Lipinski definition) is 2. The van der Waals surface area contributed by atoms with Crippen molar-refractivity contribution in [2.24, 2.45) is 13.0 Å². The molecule has 70 heavy (non-hydrogen) atoms. The molecule has 8 heterocycles. The van der Waals surface area contributed by atoms with Gasteiger partial charge in [-0.1, -0.05) is 25.1 Å². The lowest BCUT2D eigenvalue weighted by Crippen LogP contribution is -2.54. The van der Waals surface area contributed by atoms with Gasteiger partial charge in [-0.15, -0.1) is 0 Å². The van der Waals surface area contributed by atoms with Crippen LogP contribution < -0.4 is 16.7 Å². The molecule has 6 aromatic rings. The number of aryl methyl sites for hydroxylation is 1. The maximum absolute atomic E-state index is 13.8. The third kappa shape index (κ3) is 8.96. The quantitative estimate of drug-likeness (QED) is 0.122. The fourth-order valence-corrected chi connectivity index (χ4v) is 12.3. The number of nitrogens with one attached hydrogen (secondary N) is 1. The highest BCUT2D eigenvalue weighted by atomic mass is 16.2. The number of nitrogens with zero attached hydrogens (tertiary/aromatic N) is 9. The minimum absolute atomic E-state index is 0.147. The fraction of sp³-hybridized carbons (Fsp3) is 0.491. The molecule has 5 fully saturated rings. The Kier molecular flexibility index (Phi) is 12.7. The van der Waals surface area contributed by atoms with E-state index in [9.17, 15) is 19.2 Å². The van der Waals surface area contributed by atoms with E-state index in [4.69, 9.17) is 10.7 Å². The van der Waals surface area contributed by atoms with E-state index in [2.05, 4.69) is 104 Å². The normalized spacial score (nSPS) is 22.0. The van der Waals surface area contributed by atoms with E-state index in [0.29, 0.717) is 30.1 Å². The first kappa shape index (κ1) is 46.2. The summed E-state index contributed by atoms with van der Waals surface area (Å²) in [4.78, 5) is 71.3. The van der Waals surface area contributed by atoms with Crippen LogP contribution in [0.4, 0.5) is 5.82 Å². The summed E-state index contributed by atoms with van der Waals surface area (Å²) in [6.45, 7) is 13.0. The number of fused-ring (bicyclic) bond motifs is 2. The number of piperidine rings is 3. The van der Waals surface area contributed by atoms with Crippen LogP contribution in [-0.4, -0.2) is 119 Å². The second-order valence-electron chi connectivity index (χ2n) is 20.9. The van der Waals surface area contributed by atoms with Crippen LogP contribution in [0, 0.1) is 5.92 Å². The van der Waals surface area contributed by atoms with Gasteiger partial charge in [0, 0.05) is 112 Å². The lowest BCUT2D eigenvalue weighted by atomic mass is 9.88. The topological polar surface area (TPSA) is 160 Å². The molecule has 3 amide bonds. The maximum atomic E-state index is 13.8. The number of piperazine rings is 1. The van der Waals surface area contributed by atoms with Crippen molar-refractivity contribution >= 4 is 45.6 Å². The zero-order valence-corrected chi connectivity index (χ0v) is 40.9. The summed E-state index contributed by atoms with van der Waals surface area (Å²) in [7, 11) is 2.12. The number of aromatic nitrogens is 5. The Balaban J connectivity index is 0.653. The molecule has 0 radical (unpaired) electrons.